The van der Waals surface area contributed by atoms with Crippen LogP contribution in [0.5, 0.6) is 0 Å². The zero-order chi connectivity index (χ0) is 21.9. The van der Waals surface area contributed by atoms with Crippen molar-refractivity contribution in [3.05, 3.63) is 60.4 Å². The van der Waals surface area contributed by atoms with Crippen LogP contribution >= 0.6 is 11.9 Å². The molecule has 3 aromatic rings. The SMILES string of the molecule is O=C(Nc1ccc(SN2C=C(Nc3cc(CCCO)[nH]n3)n3ccnc3C2)cc1)C1CC1. The molecule has 4 N–H and O–H groups in total. The molecule has 5 rings (SSSR count). The lowest BCUT2D eigenvalue weighted by atomic mass is 10.2. The third-order valence-electron chi connectivity index (χ3n) is 5.32. The minimum Gasteiger partial charge on any atom is -0.396 e. The summed E-state index contributed by atoms with van der Waals surface area (Å²) in [7, 11) is 0. The van der Waals surface area contributed by atoms with Gasteiger partial charge in [-0.25, -0.2) is 4.98 Å². The molecular formula is C22H25N7O2S. The molecule has 0 radical (unpaired) electrons. The molecule has 10 heteroatoms. The third kappa shape index (κ3) is 4.81. The highest BCUT2D eigenvalue weighted by Crippen LogP contribution is 2.32. The molecule has 1 aliphatic carbocycles. The zero-order valence-corrected chi connectivity index (χ0v) is 18.3. The van der Waals surface area contributed by atoms with Gasteiger partial charge in [0.15, 0.2) is 5.82 Å². The van der Waals surface area contributed by atoms with Gasteiger partial charge < -0.3 is 20.0 Å². The minimum atomic E-state index is 0.116. The number of H-pyrrole nitrogens is 1. The molecule has 0 unspecified atom stereocenters. The number of aromatic amines is 1. The number of amides is 1. The van der Waals surface area contributed by atoms with Crippen molar-refractivity contribution in [3.8, 4) is 0 Å². The fourth-order valence-corrected chi connectivity index (χ4v) is 4.35. The largest absolute Gasteiger partial charge is 0.396 e. The maximum atomic E-state index is 11.9. The van der Waals surface area contributed by atoms with Gasteiger partial charge in [-0.15, -0.1) is 0 Å². The number of carbonyl (C=O) groups is 1. The smallest absolute Gasteiger partial charge is 0.227 e. The summed E-state index contributed by atoms with van der Waals surface area (Å²) in [5.41, 5.74) is 1.80. The van der Waals surface area contributed by atoms with Gasteiger partial charge in [-0.1, -0.05) is 0 Å². The Morgan fingerprint density at radius 1 is 1.28 bits per heavy atom. The molecule has 9 nitrogen and oxygen atoms in total. The van der Waals surface area contributed by atoms with Crippen LogP contribution in [0.25, 0.3) is 5.82 Å². The number of fused-ring (bicyclic) bond motifs is 1. The number of carbonyl (C=O) groups excluding carboxylic acids is 1. The van der Waals surface area contributed by atoms with Crippen molar-refractivity contribution in [1.29, 1.82) is 0 Å². The second kappa shape index (κ2) is 9.09. The number of hydrogen-bond donors (Lipinski definition) is 4. The highest BCUT2D eigenvalue weighted by molar-refractivity contribution is 7.97. The maximum absolute atomic E-state index is 11.9. The number of nitrogens with zero attached hydrogens (tertiary/aromatic N) is 4. The van der Waals surface area contributed by atoms with E-state index in [-0.39, 0.29) is 18.4 Å². The Kier molecular flexibility index (Phi) is 5.87. The molecule has 1 saturated carbocycles. The van der Waals surface area contributed by atoms with E-state index < -0.39 is 0 Å². The summed E-state index contributed by atoms with van der Waals surface area (Å²) in [6.07, 6.45) is 9.18. The van der Waals surface area contributed by atoms with Crippen LogP contribution in [0.3, 0.4) is 0 Å². The first-order valence-electron chi connectivity index (χ1n) is 10.7. The molecule has 2 aliphatic rings. The van der Waals surface area contributed by atoms with Crippen LogP contribution in [0.2, 0.25) is 0 Å². The number of aryl methyl sites for hydroxylation is 1. The third-order valence-corrected chi connectivity index (χ3v) is 6.28. The van der Waals surface area contributed by atoms with Gasteiger partial charge in [0, 0.05) is 47.3 Å². The first-order valence-corrected chi connectivity index (χ1v) is 11.5. The average molecular weight is 452 g/mol. The molecule has 1 aromatic carbocycles. The number of benzene rings is 1. The van der Waals surface area contributed by atoms with Crippen molar-refractivity contribution in [2.75, 3.05) is 17.2 Å². The summed E-state index contributed by atoms with van der Waals surface area (Å²) >= 11 is 1.60. The normalized spacial score (nSPS) is 15.3. The second-order valence-corrected chi connectivity index (χ2v) is 9.04. The highest BCUT2D eigenvalue weighted by atomic mass is 32.2. The summed E-state index contributed by atoms with van der Waals surface area (Å²) in [6.45, 7) is 0.816. The van der Waals surface area contributed by atoms with Crippen molar-refractivity contribution in [3.63, 3.8) is 0 Å². The number of aliphatic hydroxyl groups excluding tert-OH is 1. The van der Waals surface area contributed by atoms with Gasteiger partial charge >= 0.3 is 0 Å². The average Bonchev–Trinajstić information content (AvgIpc) is 3.38. The van der Waals surface area contributed by atoms with Crippen molar-refractivity contribution < 1.29 is 9.90 Å². The van der Waals surface area contributed by atoms with Crippen LogP contribution in [-0.2, 0) is 17.8 Å². The molecule has 2 aromatic heterocycles. The number of rotatable bonds is 9. The quantitative estimate of drug-likeness (QED) is 0.370. The molecule has 166 valence electrons. The summed E-state index contributed by atoms with van der Waals surface area (Å²) in [5.74, 6) is 2.80. The van der Waals surface area contributed by atoms with E-state index in [2.05, 4.69) is 30.1 Å². The summed E-state index contributed by atoms with van der Waals surface area (Å²) in [6, 6.07) is 9.85. The van der Waals surface area contributed by atoms with Crippen molar-refractivity contribution in [2.24, 2.45) is 5.92 Å². The fraction of sp³-hybridized carbons (Fsp3) is 0.318. The fourth-order valence-electron chi connectivity index (χ4n) is 3.48. The lowest BCUT2D eigenvalue weighted by Gasteiger charge is -2.26. The van der Waals surface area contributed by atoms with Crippen molar-refractivity contribution in [2.45, 2.75) is 37.1 Å². The molecule has 1 amide bonds. The Bertz CT molecular complexity index is 1120. The van der Waals surface area contributed by atoms with Crippen LogP contribution in [0.4, 0.5) is 11.5 Å². The highest BCUT2D eigenvalue weighted by Gasteiger charge is 2.29. The van der Waals surface area contributed by atoms with Gasteiger partial charge in [-0.05, 0) is 61.9 Å². The number of imidazole rings is 1. The molecule has 0 spiro atoms. The number of aromatic nitrogens is 4. The standard InChI is InChI=1S/C22H25N7O2S/c30-11-1-2-17-12-19(27-26-17)25-21-14-28(13-20-23-9-10-29(20)21)32-18-7-5-16(6-8-18)24-22(31)15-3-4-15/h5-10,12,14-15,30H,1-4,11,13H2,(H,24,31)(H2,25,26,27). The van der Waals surface area contributed by atoms with Gasteiger partial charge in [0.1, 0.15) is 11.6 Å². The van der Waals surface area contributed by atoms with Crippen molar-refractivity contribution in [1.82, 2.24) is 24.1 Å². The first-order chi connectivity index (χ1) is 15.7. The Labute approximate surface area is 190 Å². The van der Waals surface area contributed by atoms with E-state index >= 15 is 0 Å². The Morgan fingerprint density at radius 2 is 2.12 bits per heavy atom. The van der Waals surface area contributed by atoms with E-state index in [4.69, 9.17) is 5.11 Å². The number of nitrogens with one attached hydrogen (secondary N) is 3. The molecule has 0 saturated heterocycles. The van der Waals surface area contributed by atoms with Crippen LogP contribution in [0, 0.1) is 5.92 Å². The first kappa shape index (κ1) is 20.7. The van der Waals surface area contributed by atoms with Crippen LogP contribution < -0.4 is 10.6 Å². The lowest BCUT2D eigenvalue weighted by molar-refractivity contribution is -0.117. The van der Waals surface area contributed by atoms with Crippen LogP contribution in [0.15, 0.2) is 53.8 Å². The van der Waals surface area contributed by atoms with E-state index in [0.717, 1.165) is 47.2 Å². The Hall–Kier alpha value is -3.24. The number of anilines is 2. The van der Waals surface area contributed by atoms with Crippen molar-refractivity contribution >= 4 is 35.2 Å². The Balaban J connectivity index is 1.27. The van der Waals surface area contributed by atoms with Gasteiger partial charge in [0.25, 0.3) is 0 Å². The molecule has 0 atom stereocenters. The predicted molar refractivity (Wildman–Crippen MR) is 123 cm³/mol. The van der Waals surface area contributed by atoms with Gasteiger partial charge in [-0.2, -0.15) is 5.10 Å². The van der Waals surface area contributed by atoms with E-state index in [0.29, 0.717) is 18.8 Å². The second-order valence-electron chi connectivity index (χ2n) is 7.91. The Morgan fingerprint density at radius 3 is 2.91 bits per heavy atom. The summed E-state index contributed by atoms with van der Waals surface area (Å²) in [4.78, 5) is 17.5. The number of hydrogen-bond acceptors (Lipinski definition) is 7. The minimum absolute atomic E-state index is 0.116. The molecule has 0 bridgehead atoms. The monoisotopic (exact) mass is 451 g/mol. The van der Waals surface area contributed by atoms with E-state index in [1.165, 1.54) is 0 Å². The van der Waals surface area contributed by atoms with Gasteiger partial charge in [0.05, 0.1) is 12.7 Å². The molecule has 1 fully saturated rings. The predicted octanol–water partition coefficient (Wildman–Crippen LogP) is 3.27. The van der Waals surface area contributed by atoms with Crippen LogP contribution in [-0.4, -0.2) is 41.7 Å². The van der Waals surface area contributed by atoms with Gasteiger partial charge in [-0.3, -0.25) is 14.5 Å². The van der Waals surface area contributed by atoms with E-state index in [1.54, 1.807) is 18.1 Å². The summed E-state index contributed by atoms with van der Waals surface area (Å²) < 4.78 is 4.12. The van der Waals surface area contributed by atoms with E-state index in [1.807, 2.05) is 47.3 Å². The lowest BCUT2D eigenvalue weighted by Crippen LogP contribution is -2.23. The summed E-state index contributed by atoms with van der Waals surface area (Å²) in [5, 5.41) is 22.7. The molecular weight excluding hydrogens is 426 g/mol. The number of aliphatic hydroxyl groups is 1. The van der Waals surface area contributed by atoms with Gasteiger partial charge in [0.2, 0.25) is 5.91 Å². The van der Waals surface area contributed by atoms with E-state index in [9.17, 15) is 4.79 Å². The molecule has 3 heterocycles. The maximum Gasteiger partial charge on any atom is 0.227 e. The topological polar surface area (TPSA) is 111 Å². The molecule has 32 heavy (non-hydrogen) atoms. The molecule has 1 aliphatic heterocycles. The van der Waals surface area contributed by atoms with Crippen LogP contribution in [0.1, 0.15) is 30.8 Å². The zero-order valence-electron chi connectivity index (χ0n) is 17.5.